The first-order valence-corrected chi connectivity index (χ1v) is 10.0. The molecular formula is C22H29NO4. The van der Waals surface area contributed by atoms with Gasteiger partial charge >= 0.3 is 0 Å². The van der Waals surface area contributed by atoms with E-state index in [0.29, 0.717) is 13.0 Å². The third-order valence-corrected chi connectivity index (χ3v) is 6.34. The quantitative estimate of drug-likeness (QED) is 0.764. The second-order valence-electron chi connectivity index (χ2n) is 7.79. The molecule has 0 saturated carbocycles. The van der Waals surface area contributed by atoms with Gasteiger partial charge in [0.25, 0.3) is 0 Å². The van der Waals surface area contributed by atoms with E-state index in [1.807, 2.05) is 24.3 Å². The molecule has 5 heteroatoms. The Morgan fingerprint density at radius 1 is 1.33 bits per heavy atom. The smallest absolute Gasteiger partial charge is 0.227 e. The van der Waals surface area contributed by atoms with Gasteiger partial charge in [-0.2, -0.15) is 0 Å². The number of benzene rings is 1. The molecule has 0 bridgehead atoms. The number of likely N-dealkylation sites (tertiary alicyclic amines) is 1. The lowest BCUT2D eigenvalue weighted by molar-refractivity contribution is -0.146. The first-order chi connectivity index (χ1) is 13.2. The molecule has 3 heterocycles. The van der Waals surface area contributed by atoms with E-state index in [-0.39, 0.29) is 17.4 Å². The summed E-state index contributed by atoms with van der Waals surface area (Å²) in [6.45, 7) is 3.77. The van der Waals surface area contributed by atoms with Crippen LogP contribution in [0.15, 0.2) is 35.9 Å². The monoisotopic (exact) mass is 371 g/mol. The number of rotatable bonds is 4. The second-order valence-corrected chi connectivity index (χ2v) is 7.79. The van der Waals surface area contributed by atoms with E-state index in [4.69, 9.17) is 14.2 Å². The number of fused-ring (bicyclic) bond motifs is 1. The maximum absolute atomic E-state index is 13.2. The molecule has 146 valence electrons. The first-order valence-electron chi connectivity index (χ1n) is 10.0. The van der Waals surface area contributed by atoms with Crippen LogP contribution < -0.4 is 4.74 Å². The van der Waals surface area contributed by atoms with Crippen LogP contribution in [0.2, 0.25) is 0 Å². The number of methoxy groups -OCH3 is 1. The van der Waals surface area contributed by atoms with E-state index in [0.717, 1.165) is 63.4 Å². The van der Waals surface area contributed by atoms with Crippen molar-refractivity contribution < 1.29 is 19.0 Å². The van der Waals surface area contributed by atoms with Gasteiger partial charge in [-0.1, -0.05) is 23.8 Å². The highest BCUT2D eigenvalue weighted by molar-refractivity contribution is 5.79. The molecule has 0 aromatic heterocycles. The average Bonchev–Trinajstić information content (AvgIpc) is 2.74. The Hall–Kier alpha value is -1.85. The van der Waals surface area contributed by atoms with Crippen molar-refractivity contribution in [2.24, 2.45) is 5.41 Å². The lowest BCUT2D eigenvalue weighted by atomic mass is 9.65. The maximum Gasteiger partial charge on any atom is 0.227 e. The molecule has 1 aromatic carbocycles. The van der Waals surface area contributed by atoms with Crippen LogP contribution in [0.25, 0.3) is 0 Å². The lowest BCUT2D eigenvalue weighted by Crippen LogP contribution is -2.60. The summed E-state index contributed by atoms with van der Waals surface area (Å²) >= 11 is 0. The molecule has 1 aromatic rings. The van der Waals surface area contributed by atoms with Crippen molar-refractivity contribution in [1.82, 2.24) is 4.90 Å². The minimum Gasteiger partial charge on any atom is -0.497 e. The molecule has 3 aliphatic heterocycles. The van der Waals surface area contributed by atoms with Gasteiger partial charge in [-0.05, 0) is 43.4 Å². The highest BCUT2D eigenvalue weighted by Crippen LogP contribution is 2.48. The van der Waals surface area contributed by atoms with E-state index in [9.17, 15) is 4.79 Å². The van der Waals surface area contributed by atoms with Gasteiger partial charge in [0, 0.05) is 24.6 Å². The maximum atomic E-state index is 13.2. The van der Waals surface area contributed by atoms with Crippen LogP contribution in [0.3, 0.4) is 0 Å². The molecule has 2 fully saturated rings. The van der Waals surface area contributed by atoms with Crippen molar-refractivity contribution >= 4 is 5.91 Å². The van der Waals surface area contributed by atoms with Crippen LogP contribution >= 0.6 is 0 Å². The Labute approximate surface area is 161 Å². The van der Waals surface area contributed by atoms with Crippen LogP contribution in [-0.2, 0) is 20.7 Å². The zero-order valence-corrected chi connectivity index (χ0v) is 16.1. The fourth-order valence-corrected chi connectivity index (χ4v) is 5.04. The third-order valence-electron chi connectivity index (χ3n) is 6.34. The molecule has 4 rings (SSSR count). The Kier molecular flexibility index (Phi) is 5.50. The summed E-state index contributed by atoms with van der Waals surface area (Å²) in [4.78, 5) is 15.4. The topological polar surface area (TPSA) is 48.0 Å². The van der Waals surface area contributed by atoms with Gasteiger partial charge in [0.1, 0.15) is 5.75 Å². The summed E-state index contributed by atoms with van der Waals surface area (Å²) in [5.74, 6) is 1.01. The Bertz CT molecular complexity index is 712. The van der Waals surface area contributed by atoms with E-state index >= 15 is 0 Å². The van der Waals surface area contributed by atoms with Crippen LogP contribution in [0.1, 0.15) is 31.2 Å². The zero-order valence-electron chi connectivity index (χ0n) is 16.1. The van der Waals surface area contributed by atoms with E-state index in [2.05, 4.69) is 11.0 Å². The molecule has 3 aliphatic rings. The average molecular weight is 371 g/mol. The summed E-state index contributed by atoms with van der Waals surface area (Å²) < 4.78 is 16.8. The van der Waals surface area contributed by atoms with Crippen molar-refractivity contribution in [2.45, 2.75) is 38.1 Å². The third kappa shape index (κ3) is 3.63. The number of nitrogens with zero attached hydrogens (tertiary/aromatic N) is 1. The van der Waals surface area contributed by atoms with Crippen LogP contribution in [0.4, 0.5) is 0 Å². The van der Waals surface area contributed by atoms with Gasteiger partial charge in [-0.15, -0.1) is 0 Å². The standard InChI is InChI=1S/C22H29NO4/c1-25-19-5-2-4-17(14-19)15-21(24)23-10-3-9-22(16-27-13-8-20(22)23)18-6-11-26-12-7-18/h2,4-6,14,20H,3,7-13,15-16H2,1H3/t20-,22-/m0/s1. The predicted octanol–water partition coefficient (Wildman–Crippen LogP) is 2.98. The molecule has 5 nitrogen and oxygen atoms in total. The molecular weight excluding hydrogens is 342 g/mol. The number of carbonyl (C=O) groups excluding carboxylic acids is 1. The van der Waals surface area contributed by atoms with Gasteiger partial charge in [0.2, 0.25) is 5.91 Å². The molecule has 0 aliphatic carbocycles. The minimum absolute atomic E-state index is 0.0235. The highest BCUT2D eigenvalue weighted by Gasteiger charge is 2.50. The highest BCUT2D eigenvalue weighted by atomic mass is 16.5. The first kappa shape index (κ1) is 18.5. The fraction of sp³-hybridized carbons (Fsp3) is 0.591. The largest absolute Gasteiger partial charge is 0.497 e. The van der Waals surface area contributed by atoms with E-state index < -0.39 is 0 Å². The molecule has 2 saturated heterocycles. The lowest BCUT2D eigenvalue weighted by Gasteiger charge is -2.54. The van der Waals surface area contributed by atoms with Crippen molar-refractivity contribution in [2.75, 3.05) is 40.1 Å². The van der Waals surface area contributed by atoms with Gasteiger partial charge in [0.15, 0.2) is 0 Å². The summed E-state index contributed by atoms with van der Waals surface area (Å²) in [5, 5.41) is 0. The molecule has 0 spiro atoms. The molecule has 27 heavy (non-hydrogen) atoms. The Balaban J connectivity index is 1.56. The number of ether oxygens (including phenoxy) is 3. The SMILES string of the molecule is COc1cccc(CC(=O)N2CCC[C@@]3(C4=CCOCC4)COCC[C@H]23)c1. The van der Waals surface area contributed by atoms with Gasteiger partial charge in [0.05, 0.1) is 33.4 Å². The van der Waals surface area contributed by atoms with Crippen molar-refractivity contribution in [1.29, 1.82) is 0 Å². The van der Waals surface area contributed by atoms with Crippen molar-refractivity contribution in [3.05, 3.63) is 41.5 Å². The fourth-order valence-electron chi connectivity index (χ4n) is 5.04. The summed E-state index contributed by atoms with van der Waals surface area (Å²) in [6.07, 6.45) is 6.67. The van der Waals surface area contributed by atoms with Gasteiger partial charge in [-0.25, -0.2) is 0 Å². The van der Waals surface area contributed by atoms with Gasteiger partial charge < -0.3 is 19.1 Å². The summed E-state index contributed by atoms with van der Waals surface area (Å²) in [7, 11) is 1.66. The summed E-state index contributed by atoms with van der Waals surface area (Å²) in [6, 6.07) is 8.06. The number of piperidine rings is 1. The molecule has 0 N–H and O–H groups in total. The Morgan fingerprint density at radius 2 is 2.26 bits per heavy atom. The zero-order chi connectivity index (χ0) is 18.7. The van der Waals surface area contributed by atoms with Crippen LogP contribution in [0, 0.1) is 5.41 Å². The van der Waals surface area contributed by atoms with Crippen LogP contribution in [-0.4, -0.2) is 56.9 Å². The number of hydrogen-bond donors (Lipinski definition) is 0. The second kappa shape index (κ2) is 8.03. The van der Waals surface area contributed by atoms with Gasteiger partial charge in [-0.3, -0.25) is 4.79 Å². The number of amides is 1. The molecule has 1 amide bonds. The predicted molar refractivity (Wildman–Crippen MR) is 103 cm³/mol. The number of carbonyl (C=O) groups is 1. The van der Waals surface area contributed by atoms with E-state index in [1.54, 1.807) is 7.11 Å². The van der Waals surface area contributed by atoms with E-state index in [1.165, 1.54) is 5.57 Å². The Morgan fingerprint density at radius 3 is 3.07 bits per heavy atom. The molecule has 2 atom stereocenters. The summed E-state index contributed by atoms with van der Waals surface area (Å²) in [5.41, 5.74) is 2.43. The normalized spacial score (nSPS) is 28.3. The van der Waals surface area contributed by atoms with Crippen LogP contribution in [0.5, 0.6) is 5.75 Å². The van der Waals surface area contributed by atoms with Crippen molar-refractivity contribution in [3.8, 4) is 5.75 Å². The van der Waals surface area contributed by atoms with Crippen molar-refractivity contribution in [3.63, 3.8) is 0 Å². The minimum atomic E-state index is -0.0235. The molecule has 0 radical (unpaired) electrons. The number of hydrogen-bond acceptors (Lipinski definition) is 4. The molecule has 0 unspecified atom stereocenters.